The van der Waals surface area contributed by atoms with Gasteiger partial charge in [-0.05, 0) is 0 Å². The van der Waals surface area contributed by atoms with E-state index in [0.29, 0.717) is 0 Å². The molecule has 1 N–H and O–H groups in total. The van der Waals surface area contributed by atoms with E-state index in [0.717, 1.165) is 13.3 Å². The van der Waals surface area contributed by atoms with Crippen LogP contribution in [0.15, 0.2) is 0 Å². The lowest BCUT2D eigenvalue weighted by Gasteiger charge is -2.16. The highest BCUT2D eigenvalue weighted by atomic mass is 31.2. The van der Waals surface area contributed by atoms with Crippen molar-refractivity contribution in [1.29, 1.82) is 0 Å². The lowest BCUT2D eigenvalue weighted by Crippen LogP contribution is -2.15. The molecule has 0 aliphatic heterocycles. The third-order valence-electron chi connectivity index (χ3n) is 1.04. The summed E-state index contributed by atoms with van der Waals surface area (Å²) in [5.41, 5.74) is 0. The van der Waals surface area contributed by atoms with Crippen molar-refractivity contribution < 1.29 is 18.3 Å². The maximum Gasteiger partial charge on any atom is 0.510 e. The monoisotopic (exact) mass is 161 g/mol. The van der Waals surface area contributed by atoms with Crippen LogP contribution in [0.2, 0.25) is 0 Å². The lowest BCUT2D eigenvalue weighted by molar-refractivity contribution is -0.0444. The molecule has 0 aliphatic rings. The van der Waals surface area contributed by atoms with Gasteiger partial charge in [-0.25, -0.2) is 0 Å². The molecule has 5 heteroatoms. The molecule has 0 aromatic heterocycles. The quantitative estimate of drug-likeness (QED) is 0.580. The number of alkyl halides is 3. The summed E-state index contributed by atoms with van der Waals surface area (Å²) in [5.74, 6) is -4.19. The highest BCUT2D eigenvalue weighted by molar-refractivity contribution is 7.75. The summed E-state index contributed by atoms with van der Waals surface area (Å²) in [6.45, 7) is 2.12. The molecule has 1 nitrogen and oxygen atoms in total. The minimum Gasteiger partial charge on any atom is -0.361 e. The van der Waals surface area contributed by atoms with Crippen LogP contribution in [0, 0.1) is 0 Å². The first kappa shape index (κ1) is 9.18. The molecule has 0 radical (unpaired) electrons. The second-order valence-electron chi connectivity index (χ2n) is 2.29. The molecule has 0 aliphatic carbocycles. The zero-order valence-corrected chi connectivity index (χ0v) is 6.13. The van der Waals surface area contributed by atoms with Crippen LogP contribution in [0.4, 0.5) is 13.2 Å². The molecular weight excluding hydrogens is 152 g/mol. The minimum absolute atomic E-state index is 0.753. The van der Waals surface area contributed by atoms with Crippen molar-refractivity contribution in [1.82, 2.24) is 0 Å². The summed E-state index contributed by atoms with van der Waals surface area (Å²) in [7, 11) is -3.05. The van der Waals surface area contributed by atoms with E-state index in [9.17, 15) is 13.2 Å². The number of hydrogen-bond acceptors (Lipinski definition) is 1. The topological polar surface area (TPSA) is 20.2 Å². The van der Waals surface area contributed by atoms with Gasteiger partial charge in [-0.2, -0.15) is 0 Å². The summed E-state index contributed by atoms with van der Waals surface area (Å²) in [6, 6.07) is 0. The standard InChI is InChI=1S/C4H9F3OP/c1-9(2,3-8)4(5,6)7/h8H,3H2,1-2H3/q+1. The zero-order valence-electron chi connectivity index (χ0n) is 5.24. The van der Waals surface area contributed by atoms with E-state index < -0.39 is 19.5 Å². The van der Waals surface area contributed by atoms with Crippen LogP contribution in [0.1, 0.15) is 0 Å². The van der Waals surface area contributed by atoms with Crippen LogP contribution in [0.25, 0.3) is 0 Å². The second-order valence-corrected chi connectivity index (χ2v) is 6.45. The van der Waals surface area contributed by atoms with Gasteiger partial charge in [0.15, 0.2) is 6.35 Å². The highest BCUT2D eigenvalue weighted by Gasteiger charge is 2.55. The Morgan fingerprint density at radius 3 is 1.67 bits per heavy atom. The molecule has 0 spiro atoms. The molecule has 0 unspecified atom stereocenters. The fourth-order valence-electron chi connectivity index (χ4n) is 0.0802. The third-order valence-corrected chi connectivity index (χ3v) is 3.12. The van der Waals surface area contributed by atoms with Crippen LogP contribution < -0.4 is 0 Å². The van der Waals surface area contributed by atoms with Crippen molar-refractivity contribution in [3.8, 4) is 0 Å². The van der Waals surface area contributed by atoms with Crippen molar-refractivity contribution >= 4 is 7.26 Å². The van der Waals surface area contributed by atoms with Crippen LogP contribution >= 0.6 is 7.26 Å². The van der Waals surface area contributed by atoms with Crippen molar-refractivity contribution in [3.63, 3.8) is 0 Å². The summed E-state index contributed by atoms with van der Waals surface area (Å²) < 4.78 is 35.2. The fraction of sp³-hybridized carbons (Fsp3) is 1.00. The van der Waals surface area contributed by atoms with Gasteiger partial charge in [-0.1, -0.05) is 0 Å². The summed E-state index contributed by atoms with van der Waals surface area (Å²) >= 11 is 0. The predicted molar refractivity (Wildman–Crippen MR) is 31.9 cm³/mol. The van der Waals surface area contributed by atoms with Gasteiger partial charge in [-0.3, -0.25) is 0 Å². The average Bonchev–Trinajstić information content (AvgIpc) is 1.64. The van der Waals surface area contributed by atoms with Crippen molar-refractivity contribution in [2.75, 3.05) is 19.7 Å². The number of hydrogen-bond donors (Lipinski definition) is 1. The Hall–Kier alpha value is 0.180. The van der Waals surface area contributed by atoms with Crippen LogP contribution in [-0.4, -0.2) is 30.7 Å². The summed E-state index contributed by atoms with van der Waals surface area (Å²) in [6.07, 6.45) is -0.753. The number of aliphatic hydroxyl groups is 1. The Bertz CT molecular complexity index is 98.5. The number of halogens is 3. The molecule has 0 saturated carbocycles. The predicted octanol–water partition coefficient (Wildman–Crippen LogP) is 1.73. The van der Waals surface area contributed by atoms with E-state index in [2.05, 4.69) is 0 Å². The van der Waals surface area contributed by atoms with Crippen molar-refractivity contribution in [3.05, 3.63) is 0 Å². The molecule has 9 heavy (non-hydrogen) atoms. The SMILES string of the molecule is C[P+](C)(CO)C(F)(F)F. The smallest absolute Gasteiger partial charge is 0.361 e. The van der Waals surface area contributed by atoms with Gasteiger partial charge in [-0.15, -0.1) is 13.2 Å². The highest BCUT2D eigenvalue weighted by Crippen LogP contribution is 2.64. The molecule has 0 heterocycles. The van der Waals surface area contributed by atoms with Gasteiger partial charge in [0.1, 0.15) is 7.26 Å². The van der Waals surface area contributed by atoms with Crippen molar-refractivity contribution in [2.24, 2.45) is 0 Å². The summed E-state index contributed by atoms with van der Waals surface area (Å²) in [4.78, 5) is 0. The normalized spacial score (nSPS) is 14.0. The Kier molecular flexibility index (Phi) is 2.48. The third kappa shape index (κ3) is 2.11. The molecule has 0 saturated heterocycles. The van der Waals surface area contributed by atoms with Crippen LogP contribution in [0.3, 0.4) is 0 Å². The maximum absolute atomic E-state index is 11.7. The first-order valence-corrected chi connectivity index (χ1v) is 5.19. The fourth-order valence-corrected chi connectivity index (χ4v) is 0.241. The van der Waals surface area contributed by atoms with E-state index >= 15 is 0 Å². The van der Waals surface area contributed by atoms with E-state index in [4.69, 9.17) is 5.11 Å². The van der Waals surface area contributed by atoms with Gasteiger partial charge >= 0.3 is 5.92 Å². The van der Waals surface area contributed by atoms with Gasteiger partial charge in [0.2, 0.25) is 0 Å². The van der Waals surface area contributed by atoms with Crippen LogP contribution in [0.5, 0.6) is 0 Å². The second kappa shape index (κ2) is 2.43. The van der Waals surface area contributed by atoms with Gasteiger partial charge < -0.3 is 5.11 Å². The first-order chi connectivity index (χ1) is 3.81. The summed E-state index contributed by atoms with van der Waals surface area (Å²) in [5, 5.41) is 8.26. The lowest BCUT2D eigenvalue weighted by atomic mass is 11.5. The zero-order chi connectivity index (χ0) is 7.71. The first-order valence-electron chi connectivity index (χ1n) is 2.32. The molecule has 56 valence electrons. The largest absolute Gasteiger partial charge is 0.510 e. The molecule has 0 bridgehead atoms. The molecule has 0 aromatic carbocycles. The Labute approximate surface area is 52.2 Å². The Morgan fingerprint density at radius 2 is 1.67 bits per heavy atom. The van der Waals surface area contributed by atoms with Gasteiger partial charge in [0.25, 0.3) is 0 Å². The van der Waals surface area contributed by atoms with E-state index in [-0.39, 0.29) is 0 Å². The molecule has 0 aromatic rings. The van der Waals surface area contributed by atoms with Crippen LogP contribution in [-0.2, 0) is 0 Å². The number of aliphatic hydroxyl groups excluding tert-OH is 1. The minimum atomic E-state index is -4.19. The average molecular weight is 161 g/mol. The van der Waals surface area contributed by atoms with Crippen molar-refractivity contribution in [2.45, 2.75) is 5.92 Å². The molecule has 0 rings (SSSR count). The van der Waals surface area contributed by atoms with E-state index in [1.165, 1.54) is 0 Å². The maximum atomic E-state index is 11.7. The molecule has 0 fully saturated rings. The Balaban J connectivity index is 4.14. The van der Waals surface area contributed by atoms with E-state index in [1.807, 2.05) is 0 Å². The van der Waals surface area contributed by atoms with E-state index in [1.54, 1.807) is 0 Å². The van der Waals surface area contributed by atoms with Gasteiger partial charge in [0.05, 0.1) is 13.3 Å². The number of rotatable bonds is 1. The molecule has 0 atom stereocenters. The van der Waals surface area contributed by atoms with Gasteiger partial charge in [0, 0.05) is 0 Å². The molecular formula is C4H9F3OP+. The Morgan fingerprint density at radius 1 is 1.33 bits per heavy atom. The molecule has 0 amide bonds.